The summed E-state index contributed by atoms with van der Waals surface area (Å²) in [6.45, 7) is 3.98. The third kappa shape index (κ3) is 6.00. The lowest BCUT2D eigenvalue weighted by Crippen LogP contribution is -2.44. The number of nitrogens with zero attached hydrogens (tertiary/aromatic N) is 1. The van der Waals surface area contributed by atoms with Gasteiger partial charge in [-0.15, -0.1) is 11.3 Å². The summed E-state index contributed by atoms with van der Waals surface area (Å²) in [5, 5.41) is 3.97. The van der Waals surface area contributed by atoms with E-state index >= 15 is 0 Å². The number of hydrogen-bond donors (Lipinski definition) is 1. The topological polar surface area (TPSA) is 119 Å². The normalized spacial score (nSPS) is 15.9. The Morgan fingerprint density at radius 1 is 1.24 bits per heavy atom. The van der Waals surface area contributed by atoms with E-state index in [1.807, 2.05) is 13.8 Å². The molecule has 0 bridgehead atoms. The largest absolute Gasteiger partial charge is 0.467 e. The molecule has 1 aliphatic rings. The van der Waals surface area contributed by atoms with Crippen molar-refractivity contribution in [3.63, 3.8) is 0 Å². The first-order chi connectivity index (χ1) is 13.7. The number of ether oxygens (including phenoxy) is 2. The van der Waals surface area contributed by atoms with Gasteiger partial charge in [0.2, 0.25) is 10.0 Å². The van der Waals surface area contributed by atoms with Crippen LogP contribution in [0.15, 0.2) is 16.3 Å². The Kier molecular flexibility index (Phi) is 8.17. The van der Waals surface area contributed by atoms with E-state index in [2.05, 4.69) is 10.1 Å². The van der Waals surface area contributed by atoms with Crippen molar-refractivity contribution in [3.8, 4) is 0 Å². The van der Waals surface area contributed by atoms with Gasteiger partial charge >= 0.3 is 11.9 Å². The molecule has 0 saturated carbocycles. The standard InChI is InChI=1S/C18H26N2O7S2/c1-12(2)10-13(17(22)26-3)19-15(21)11-27-18(23)16-14(6-9-28-16)29(24,25)20-7-4-5-8-20/h6,9,12-13H,4-5,7-8,10-11H2,1-3H3,(H,19,21). The van der Waals surface area contributed by atoms with Gasteiger partial charge in [0.05, 0.1) is 7.11 Å². The number of carbonyl (C=O) groups excluding carboxylic acids is 3. The van der Waals surface area contributed by atoms with E-state index in [4.69, 9.17) is 4.74 Å². The molecule has 1 aliphatic heterocycles. The number of hydrogen-bond acceptors (Lipinski definition) is 8. The predicted molar refractivity (Wildman–Crippen MR) is 106 cm³/mol. The molecule has 1 atom stereocenters. The van der Waals surface area contributed by atoms with Crippen LogP contribution < -0.4 is 5.32 Å². The molecule has 2 heterocycles. The van der Waals surface area contributed by atoms with Crippen molar-refractivity contribution in [1.29, 1.82) is 0 Å². The van der Waals surface area contributed by atoms with Gasteiger partial charge in [0.25, 0.3) is 5.91 Å². The second-order valence-corrected chi connectivity index (χ2v) is 9.90. The Balaban J connectivity index is 2.00. The van der Waals surface area contributed by atoms with Gasteiger partial charge in [-0.2, -0.15) is 4.31 Å². The van der Waals surface area contributed by atoms with Crippen molar-refractivity contribution in [2.45, 2.75) is 44.0 Å². The van der Waals surface area contributed by atoms with E-state index in [0.29, 0.717) is 19.5 Å². The lowest BCUT2D eigenvalue weighted by molar-refractivity contribution is -0.145. The summed E-state index contributed by atoms with van der Waals surface area (Å²) in [7, 11) is -2.55. The van der Waals surface area contributed by atoms with Crippen LogP contribution in [0, 0.1) is 5.92 Å². The molecule has 1 saturated heterocycles. The zero-order valence-electron chi connectivity index (χ0n) is 16.7. The molecule has 1 fully saturated rings. The summed E-state index contributed by atoms with van der Waals surface area (Å²) in [6, 6.07) is 0.518. The summed E-state index contributed by atoms with van der Waals surface area (Å²) in [5.74, 6) is -2.02. The molecule has 2 rings (SSSR count). The number of esters is 2. The van der Waals surface area contributed by atoms with Crippen molar-refractivity contribution < 1.29 is 32.3 Å². The third-order valence-corrected chi connectivity index (χ3v) is 7.32. The second kappa shape index (κ2) is 10.2. The van der Waals surface area contributed by atoms with Crippen molar-refractivity contribution in [2.24, 2.45) is 5.92 Å². The fraction of sp³-hybridized carbons (Fsp3) is 0.611. The maximum absolute atomic E-state index is 12.7. The number of sulfonamides is 1. The number of thiophene rings is 1. The molecule has 11 heteroatoms. The molecule has 9 nitrogen and oxygen atoms in total. The number of rotatable bonds is 9. The molecule has 1 amide bonds. The summed E-state index contributed by atoms with van der Waals surface area (Å²) in [4.78, 5) is 36.1. The first-order valence-electron chi connectivity index (χ1n) is 9.28. The fourth-order valence-corrected chi connectivity index (χ4v) is 5.78. The molecule has 0 spiro atoms. The number of methoxy groups -OCH3 is 1. The maximum Gasteiger partial charge on any atom is 0.350 e. The van der Waals surface area contributed by atoms with E-state index < -0.39 is 40.5 Å². The molecule has 1 N–H and O–H groups in total. The molecule has 1 aromatic heterocycles. The minimum atomic E-state index is -3.78. The van der Waals surface area contributed by atoms with Gasteiger partial charge < -0.3 is 14.8 Å². The molecule has 0 aliphatic carbocycles. The Morgan fingerprint density at radius 2 is 1.90 bits per heavy atom. The maximum atomic E-state index is 12.7. The van der Waals surface area contributed by atoms with E-state index in [-0.39, 0.29) is 15.7 Å². The minimum Gasteiger partial charge on any atom is -0.467 e. The first kappa shape index (κ1) is 23.3. The lowest BCUT2D eigenvalue weighted by atomic mass is 10.0. The van der Waals surface area contributed by atoms with Gasteiger partial charge in [-0.1, -0.05) is 13.8 Å². The van der Waals surface area contributed by atoms with Crippen LogP contribution in [0.1, 0.15) is 42.8 Å². The Labute approximate surface area is 174 Å². The summed E-state index contributed by atoms with van der Waals surface area (Å²) in [6.07, 6.45) is 1.93. The molecular weight excluding hydrogens is 420 g/mol. The fourth-order valence-electron chi connectivity index (χ4n) is 2.98. The average Bonchev–Trinajstić information content (AvgIpc) is 3.36. The van der Waals surface area contributed by atoms with Gasteiger partial charge in [0.1, 0.15) is 15.8 Å². The van der Waals surface area contributed by atoms with Crippen molar-refractivity contribution >= 4 is 39.2 Å². The lowest BCUT2D eigenvalue weighted by Gasteiger charge is -2.18. The summed E-state index contributed by atoms with van der Waals surface area (Å²) >= 11 is 0.940. The van der Waals surface area contributed by atoms with Crippen LogP contribution in [0.2, 0.25) is 0 Å². The highest BCUT2D eigenvalue weighted by Crippen LogP contribution is 2.28. The van der Waals surface area contributed by atoms with Gasteiger partial charge in [-0.3, -0.25) is 4.79 Å². The van der Waals surface area contributed by atoms with Crippen LogP contribution in [0.3, 0.4) is 0 Å². The monoisotopic (exact) mass is 446 g/mol. The van der Waals surface area contributed by atoms with Crippen LogP contribution in [0.25, 0.3) is 0 Å². The van der Waals surface area contributed by atoms with Crippen LogP contribution in [0.4, 0.5) is 0 Å². The Bertz CT molecular complexity index is 842. The van der Waals surface area contributed by atoms with Gasteiger partial charge in [0.15, 0.2) is 6.61 Å². The number of amides is 1. The van der Waals surface area contributed by atoms with Crippen LogP contribution >= 0.6 is 11.3 Å². The average molecular weight is 447 g/mol. The Hall–Kier alpha value is -1.98. The quantitative estimate of drug-likeness (QED) is 0.569. The molecule has 29 heavy (non-hydrogen) atoms. The van der Waals surface area contributed by atoms with Crippen molar-refractivity contribution in [2.75, 3.05) is 26.8 Å². The highest BCUT2D eigenvalue weighted by atomic mass is 32.2. The predicted octanol–water partition coefficient (Wildman–Crippen LogP) is 1.39. The van der Waals surface area contributed by atoms with E-state index in [1.54, 1.807) is 0 Å². The van der Waals surface area contributed by atoms with Crippen LogP contribution in [-0.2, 0) is 29.1 Å². The summed E-state index contributed by atoms with van der Waals surface area (Å²) < 4.78 is 36.4. The van der Waals surface area contributed by atoms with Crippen LogP contribution in [0.5, 0.6) is 0 Å². The van der Waals surface area contributed by atoms with Gasteiger partial charge in [-0.25, -0.2) is 18.0 Å². The molecular formula is C18H26N2O7S2. The van der Waals surface area contributed by atoms with Gasteiger partial charge in [0, 0.05) is 13.1 Å². The van der Waals surface area contributed by atoms with Crippen molar-refractivity contribution in [3.05, 3.63) is 16.3 Å². The highest BCUT2D eigenvalue weighted by molar-refractivity contribution is 7.89. The Morgan fingerprint density at radius 3 is 2.48 bits per heavy atom. The smallest absolute Gasteiger partial charge is 0.350 e. The molecule has 1 unspecified atom stereocenters. The van der Waals surface area contributed by atoms with E-state index in [1.165, 1.54) is 22.9 Å². The zero-order chi connectivity index (χ0) is 21.6. The first-order valence-corrected chi connectivity index (χ1v) is 11.6. The van der Waals surface area contributed by atoms with Crippen LogP contribution in [-0.4, -0.2) is 63.4 Å². The SMILES string of the molecule is COC(=O)C(CC(C)C)NC(=O)COC(=O)c1sccc1S(=O)(=O)N1CCCC1. The molecule has 0 radical (unpaired) electrons. The van der Waals surface area contributed by atoms with Crippen molar-refractivity contribution in [1.82, 2.24) is 9.62 Å². The minimum absolute atomic E-state index is 0.0728. The summed E-state index contributed by atoms with van der Waals surface area (Å²) in [5.41, 5.74) is 0. The molecule has 1 aromatic rings. The van der Waals surface area contributed by atoms with E-state index in [9.17, 15) is 22.8 Å². The molecule has 162 valence electrons. The van der Waals surface area contributed by atoms with Gasteiger partial charge in [-0.05, 0) is 36.6 Å². The van der Waals surface area contributed by atoms with E-state index in [0.717, 1.165) is 24.2 Å². The molecule has 0 aromatic carbocycles. The third-order valence-electron chi connectivity index (χ3n) is 4.36. The highest BCUT2D eigenvalue weighted by Gasteiger charge is 2.32. The zero-order valence-corrected chi connectivity index (χ0v) is 18.3. The second-order valence-electron chi connectivity index (χ2n) is 7.07. The number of nitrogens with one attached hydrogen (secondary N) is 1. The number of carbonyl (C=O) groups is 3.